The molecule has 0 bridgehead atoms. The van der Waals surface area contributed by atoms with Crippen LogP contribution >= 0.6 is 12.2 Å². The maximum absolute atomic E-state index is 10.8. The molecule has 0 aliphatic heterocycles. The highest BCUT2D eigenvalue weighted by Gasteiger charge is 2.39. The molecule has 0 amide bonds. The van der Waals surface area contributed by atoms with Crippen molar-refractivity contribution in [3.8, 4) is 5.75 Å². The minimum absolute atomic E-state index is 0.0282. The summed E-state index contributed by atoms with van der Waals surface area (Å²) in [5.41, 5.74) is 3.49. The van der Waals surface area contributed by atoms with Crippen molar-refractivity contribution < 1.29 is 9.35 Å². The molecule has 162 valence electrons. The van der Waals surface area contributed by atoms with Gasteiger partial charge in [-0.2, -0.15) is 0 Å². The van der Waals surface area contributed by atoms with Gasteiger partial charge in [-0.3, -0.25) is 10.1 Å². The predicted molar refractivity (Wildman–Crippen MR) is 129 cm³/mol. The molecule has 0 aliphatic rings. The summed E-state index contributed by atoms with van der Waals surface area (Å²) in [6.45, 7) is 17.0. The molecule has 2 rings (SSSR count). The van der Waals surface area contributed by atoms with E-state index in [0.29, 0.717) is 16.6 Å². The van der Waals surface area contributed by atoms with Crippen LogP contribution in [0.4, 0.5) is 17.2 Å². The summed E-state index contributed by atoms with van der Waals surface area (Å²) in [7, 11) is -1.99. The fourth-order valence-corrected chi connectivity index (χ4v) is 3.87. The lowest BCUT2D eigenvalue weighted by Crippen LogP contribution is -2.44. The van der Waals surface area contributed by atoms with Crippen LogP contribution in [0.3, 0.4) is 0 Å². The molecule has 0 unspecified atom stereocenters. The number of aromatic nitrogens is 1. The summed E-state index contributed by atoms with van der Waals surface area (Å²) in [6.07, 6.45) is 0. The average Bonchev–Trinajstić information content (AvgIpc) is 2.62. The van der Waals surface area contributed by atoms with Crippen molar-refractivity contribution in [2.24, 2.45) is 0 Å². The monoisotopic (exact) mass is 446 g/mol. The minimum Gasteiger partial charge on any atom is -0.542 e. The van der Waals surface area contributed by atoms with E-state index in [4.69, 9.17) is 16.6 Å². The molecule has 1 heterocycles. The van der Waals surface area contributed by atoms with E-state index in [1.54, 1.807) is 12.1 Å². The van der Waals surface area contributed by atoms with Gasteiger partial charge in [0, 0.05) is 17.8 Å². The smallest absolute Gasteiger partial charge is 0.269 e. The summed E-state index contributed by atoms with van der Waals surface area (Å²) >= 11 is 5.40. The van der Waals surface area contributed by atoms with Crippen molar-refractivity contribution in [3.05, 3.63) is 51.2 Å². The normalized spacial score (nSPS) is 11.7. The molecule has 0 spiro atoms. The number of benzene rings is 1. The molecule has 0 saturated carbocycles. The Morgan fingerprint density at radius 1 is 1.10 bits per heavy atom. The van der Waals surface area contributed by atoms with Crippen molar-refractivity contribution >= 4 is 42.8 Å². The second-order valence-electron chi connectivity index (χ2n) is 8.87. The molecule has 0 fully saturated rings. The quantitative estimate of drug-likeness (QED) is 0.248. The van der Waals surface area contributed by atoms with Gasteiger partial charge in [-0.1, -0.05) is 20.8 Å². The Balaban J connectivity index is 2.21. The summed E-state index contributed by atoms with van der Waals surface area (Å²) in [6, 6.07) is 6.07. The molecule has 2 aromatic rings. The standard InChI is InChI=1S/C21H30N4O3SSi/c1-13-14(2)19(22-15(3)18(13)28-30(7,8)21(4,5)6)24-20(29)23-16-9-11-17(12-10-16)25(26)27/h9-12H,1-8H3,(H2,22,23,24,29). The number of thiocarbonyl (C=S) groups is 1. The molecule has 0 radical (unpaired) electrons. The third-order valence-electron chi connectivity index (χ3n) is 5.60. The number of non-ortho nitro benzene ring substituents is 1. The molecular weight excluding hydrogens is 416 g/mol. The van der Waals surface area contributed by atoms with Gasteiger partial charge < -0.3 is 15.1 Å². The number of nitro groups is 1. The van der Waals surface area contributed by atoms with Gasteiger partial charge in [0.2, 0.25) is 0 Å². The first-order valence-corrected chi connectivity index (χ1v) is 13.0. The molecule has 0 saturated heterocycles. The Morgan fingerprint density at radius 3 is 2.17 bits per heavy atom. The predicted octanol–water partition coefficient (Wildman–Crippen LogP) is 6.11. The minimum atomic E-state index is -1.99. The number of pyridine rings is 1. The Morgan fingerprint density at radius 2 is 1.67 bits per heavy atom. The largest absolute Gasteiger partial charge is 0.542 e. The number of rotatable bonds is 5. The first kappa shape index (κ1) is 23.8. The van der Waals surface area contributed by atoms with Crippen LogP contribution in [-0.4, -0.2) is 23.3 Å². The third kappa shape index (κ3) is 5.34. The van der Waals surface area contributed by atoms with Crippen molar-refractivity contribution in [1.29, 1.82) is 0 Å². The lowest BCUT2D eigenvalue weighted by molar-refractivity contribution is -0.384. The highest BCUT2D eigenvalue weighted by atomic mass is 32.1. The van der Waals surface area contributed by atoms with E-state index in [9.17, 15) is 10.1 Å². The van der Waals surface area contributed by atoms with E-state index in [1.165, 1.54) is 12.1 Å². The highest BCUT2D eigenvalue weighted by molar-refractivity contribution is 7.80. The van der Waals surface area contributed by atoms with E-state index in [2.05, 4.69) is 49.5 Å². The van der Waals surface area contributed by atoms with Crippen LogP contribution in [0.2, 0.25) is 18.1 Å². The Bertz CT molecular complexity index is 970. The zero-order valence-electron chi connectivity index (χ0n) is 18.8. The molecule has 0 aliphatic carbocycles. The van der Waals surface area contributed by atoms with Gasteiger partial charge in [-0.25, -0.2) is 4.98 Å². The van der Waals surface area contributed by atoms with Crippen LogP contribution in [0, 0.1) is 30.9 Å². The van der Waals surface area contributed by atoms with E-state index < -0.39 is 13.2 Å². The lowest BCUT2D eigenvalue weighted by atomic mass is 10.1. The third-order valence-corrected chi connectivity index (χ3v) is 10.1. The zero-order chi connectivity index (χ0) is 22.9. The number of hydrogen-bond donors (Lipinski definition) is 2. The Labute approximate surface area is 184 Å². The SMILES string of the molecule is Cc1nc(NC(=S)Nc2ccc([N+](=O)[O-])cc2)c(C)c(C)c1O[Si](C)(C)C(C)(C)C. The lowest BCUT2D eigenvalue weighted by Gasteiger charge is -2.37. The van der Waals surface area contributed by atoms with Crippen molar-refractivity contribution in [2.75, 3.05) is 10.6 Å². The van der Waals surface area contributed by atoms with E-state index in [1.807, 2.05) is 20.8 Å². The van der Waals surface area contributed by atoms with Crippen LogP contribution < -0.4 is 15.1 Å². The fraction of sp³-hybridized carbons (Fsp3) is 0.429. The Kier molecular flexibility index (Phi) is 6.88. The fourth-order valence-electron chi connectivity index (χ4n) is 2.54. The first-order valence-electron chi connectivity index (χ1n) is 9.72. The van der Waals surface area contributed by atoms with E-state index in [0.717, 1.165) is 22.6 Å². The van der Waals surface area contributed by atoms with Crippen LogP contribution in [0.25, 0.3) is 0 Å². The molecule has 1 aromatic carbocycles. The van der Waals surface area contributed by atoms with Gasteiger partial charge in [-0.15, -0.1) is 0 Å². The van der Waals surface area contributed by atoms with Crippen LogP contribution in [0.1, 0.15) is 37.6 Å². The summed E-state index contributed by atoms with van der Waals surface area (Å²) in [4.78, 5) is 15.0. The first-order chi connectivity index (χ1) is 13.7. The van der Waals surface area contributed by atoms with Crippen LogP contribution in [0.15, 0.2) is 24.3 Å². The number of aryl methyl sites for hydroxylation is 1. The number of nitrogens with one attached hydrogen (secondary N) is 2. The molecule has 30 heavy (non-hydrogen) atoms. The molecule has 0 atom stereocenters. The van der Waals surface area contributed by atoms with Crippen LogP contribution in [-0.2, 0) is 0 Å². The van der Waals surface area contributed by atoms with Gasteiger partial charge in [0.15, 0.2) is 5.11 Å². The number of hydrogen-bond acceptors (Lipinski definition) is 5. The summed E-state index contributed by atoms with van der Waals surface area (Å²) in [5, 5.41) is 17.4. The van der Waals surface area contributed by atoms with Gasteiger partial charge >= 0.3 is 0 Å². The molecule has 1 aromatic heterocycles. The van der Waals surface area contributed by atoms with Gasteiger partial charge in [0.25, 0.3) is 14.0 Å². The Hall–Kier alpha value is -2.52. The van der Waals surface area contributed by atoms with Gasteiger partial charge in [-0.05, 0) is 74.4 Å². The molecule has 2 N–H and O–H groups in total. The topological polar surface area (TPSA) is 89.3 Å². The maximum Gasteiger partial charge on any atom is 0.269 e. The van der Waals surface area contributed by atoms with Crippen LogP contribution in [0.5, 0.6) is 5.75 Å². The summed E-state index contributed by atoms with van der Waals surface area (Å²) < 4.78 is 6.54. The maximum atomic E-state index is 10.8. The van der Waals surface area contributed by atoms with E-state index in [-0.39, 0.29) is 10.7 Å². The second kappa shape index (κ2) is 8.69. The highest BCUT2D eigenvalue weighted by Crippen LogP contribution is 2.40. The van der Waals surface area contributed by atoms with Gasteiger partial charge in [0.05, 0.1) is 10.6 Å². The molecular formula is C21H30N4O3SSi. The van der Waals surface area contributed by atoms with Crippen molar-refractivity contribution in [1.82, 2.24) is 4.98 Å². The van der Waals surface area contributed by atoms with Gasteiger partial charge in [0.1, 0.15) is 11.6 Å². The zero-order valence-corrected chi connectivity index (χ0v) is 20.7. The molecule has 7 nitrogen and oxygen atoms in total. The molecule has 9 heteroatoms. The number of nitro benzene ring substituents is 1. The van der Waals surface area contributed by atoms with E-state index >= 15 is 0 Å². The summed E-state index contributed by atoms with van der Waals surface area (Å²) in [5.74, 6) is 1.51. The van der Waals surface area contributed by atoms with Crippen molar-refractivity contribution in [2.45, 2.75) is 59.7 Å². The second-order valence-corrected chi connectivity index (χ2v) is 14.0. The average molecular weight is 447 g/mol. The van der Waals surface area contributed by atoms with Crippen molar-refractivity contribution in [3.63, 3.8) is 0 Å². The number of anilines is 2. The number of nitrogens with zero attached hydrogens (tertiary/aromatic N) is 2.